The molecule has 35 heavy (non-hydrogen) atoms. The summed E-state index contributed by atoms with van der Waals surface area (Å²) in [6.45, 7) is 12.0. The fourth-order valence-corrected chi connectivity index (χ4v) is 5.32. The second kappa shape index (κ2) is 10.7. The highest BCUT2D eigenvalue weighted by Crippen LogP contribution is 2.30. The molecule has 0 aliphatic carbocycles. The number of hydrogen-bond acceptors (Lipinski definition) is 4. The molecule has 2 atom stereocenters. The fourth-order valence-electron chi connectivity index (χ4n) is 5.32. The standard InChI is InChI=1S/C29H40N4O2/c1-6-33(29(35)24-18-28(34)31(5)19-24)22(4)23-7-9-25(10-8-23)30-27-12-11-26(17-21(27)3)32-15-13-20(2)14-16-32/h7-12,17,20,22,24,30H,6,13-16,18-19H2,1-5H3. The average Bonchev–Trinajstić information content (AvgIpc) is 3.19. The number of piperidine rings is 1. The van der Waals surface area contributed by atoms with Gasteiger partial charge >= 0.3 is 0 Å². The quantitative estimate of drug-likeness (QED) is 0.584. The maximum Gasteiger partial charge on any atom is 0.228 e. The van der Waals surface area contributed by atoms with Gasteiger partial charge in [-0.05, 0) is 81.0 Å². The van der Waals surface area contributed by atoms with Gasteiger partial charge in [0.2, 0.25) is 11.8 Å². The molecule has 6 heteroatoms. The first kappa shape index (κ1) is 25.1. The molecule has 2 aliphatic heterocycles. The number of nitrogens with one attached hydrogen (secondary N) is 1. The minimum atomic E-state index is -0.241. The van der Waals surface area contributed by atoms with Gasteiger partial charge in [-0.15, -0.1) is 0 Å². The Morgan fingerprint density at radius 1 is 1.14 bits per heavy atom. The normalized spacial score (nSPS) is 19.7. The number of anilines is 3. The van der Waals surface area contributed by atoms with Gasteiger partial charge in [0.1, 0.15) is 0 Å². The van der Waals surface area contributed by atoms with E-state index in [1.807, 2.05) is 11.8 Å². The van der Waals surface area contributed by atoms with Crippen molar-refractivity contribution in [3.63, 3.8) is 0 Å². The summed E-state index contributed by atoms with van der Waals surface area (Å²) < 4.78 is 0. The van der Waals surface area contributed by atoms with E-state index in [-0.39, 0.29) is 23.8 Å². The lowest BCUT2D eigenvalue weighted by molar-refractivity contribution is -0.137. The Balaban J connectivity index is 1.40. The molecule has 2 aliphatic rings. The van der Waals surface area contributed by atoms with Crippen LogP contribution in [0.3, 0.4) is 0 Å². The van der Waals surface area contributed by atoms with Crippen LogP contribution in [0.15, 0.2) is 42.5 Å². The van der Waals surface area contributed by atoms with E-state index in [9.17, 15) is 9.59 Å². The van der Waals surface area contributed by atoms with Crippen LogP contribution < -0.4 is 10.2 Å². The van der Waals surface area contributed by atoms with Crippen molar-refractivity contribution in [1.82, 2.24) is 9.80 Å². The van der Waals surface area contributed by atoms with Crippen LogP contribution in [0.1, 0.15) is 57.2 Å². The van der Waals surface area contributed by atoms with Crippen molar-refractivity contribution in [2.45, 2.75) is 53.0 Å². The van der Waals surface area contributed by atoms with E-state index in [0.717, 1.165) is 35.9 Å². The Morgan fingerprint density at radius 3 is 2.40 bits per heavy atom. The first-order valence-electron chi connectivity index (χ1n) is 13.0. The zero-order valence-electron chi connectivity index (χ0n) is 21.9. The van der Waals surface area contributed by atoms with E-state index < -0.39 is 0 Å². The Hall–Kier alpha value is -3.02. The number of nitrogens with zero attached hydrogens (tertiary/aromatic N) is 3. The van der Waals surface area contributed by atoms with E-state index in [0.29, 0.717) is 19.5 Å². The molecule has 0 spiro atoms. The number of carbonyl (C=O) groups is 2. The van der Waals surface area contributed by atoms with Crippen molar-refractivity contribution < 1.29 is 9.59 Å². The molecular weight excluding hydrogens is 436 g/mol. The number of benzene rings is 2. The molecule has 2 heterocycles. The van der Waals surface area contributed by atoms with Crippen LogP contribution in [-0.4, -0.2) is 54.8 Å². The summed E-state index contributed by atoms with van der Waals surface area (Å²) in [5.41, 5.74) is 5.78. The van der Waals surface area contributed by atoms with Crippen molar-refractivity contribution in [2.24, 2.45) is 11.8 Å². The molecule has 0 saturated carbocycles. The molecule has 6 nitrogen and oxygen atoms in total. The Morgan fingerprint density at radius 2 is 1.83 bits per heavy atom. The van der Waals surface area contributed by atoms with Crippen molar-refractivity contribution in [3.8, 4) is 0 Å². The first-order chi connectivity index (χ1) is 16.8. The molecule has 1 N–H and O–H groups in total. The van der Waals surface area contributed by atoms with Crippen LogP contribution in [0, 0.1) is 18.8 Å². The molecule has 2 aromatic rings. The second-order valence-electron chi connectivity index (χ2n) is 10.4. The average molecular weight is 477 g/mol. The zero-order chi connectivity index (χ0) is 25.1. The number of hydrogen-bond donors (Lipinski definition) is 1. The van der Waals surface area contributed by atoms with E-state index in [1.54, 1.807) is 11.9 Å². The molecule has 4 rings (SSSR count). The van der Waals surface area contributed by atoms with Crippen LogP contribution in [-0.2, 0) is 9.59 Å². The summed E-state index contributed by atoms with van der Waals surface area (Å²) in [7, 11) is 1.77. The highest BCUT2D eigenvalue weighted by atomic mass is 16.2. The number of amides is 2. The van der Waals surface area contributed by atoms with Gasteiger partial charge in [-0.2, -0.15) is 0 Å². The topological polar surface area (TPSA) is 55.9 Å². The van der Waals surface area contributed by atoms with Crippen molar-refractivity contribution >= 4 is 28.9 Å². The summed E-state index contributed by atoms with van der Waals surface area (Å²) >= 11 is 0. The maximum atomic E-state index is 13.1. The molecule has 2 aromatic carbocycles. The van der Waals surface area contributed by atoms with Gasteiger partial charge in [0.15, 0.2) is 0 Å². The highest BCUT2D eigenvalue weighted by molar-refractivity contribution is 5.89. The monoisotopic (exact) mass is 476 g/mol. The van der Waals surface area contributed by atoms with Crippen LogP contribution >= 0.6 is 0 Å². The van der Waals surface area contributed by atoms with Gasteiger partial charge in [0, 0.05) is 56.7 Å². The van der Waals surface area contributed by atoms with Crippen LogP contribution in [0.2, 0.25) is 0 Å². The van der Waals surface area contributed by atoms with Crippen LogP contribution in [0.5, 0.6) is 0 Å². The third-order valence-corrected chi connectivity index (χ3v) is 7.81. The molecule has 2 saturated heterocycles. The predicted molar refractivity (Wildman–Crippen MR) is 143 cm³/mol. The molecule has 188 valence electrons. The van der Waals surface area contributed by atoms with E-state index in [1.165, 1.54) is 24.1 Å². The third-order valence-electron chi connectivity index (χ3n) is 7.81. The Kier molecular flexibility index (Phi) is 7.68. The minimum Gasteiger partial charge on any atom is -0.372 e. The number of carbonyl (C=O) groups excluding carboxylic acids is 2. The number of rotatable bonds is 7. The van der Waals surface area contributed by atoms with Crippen molar-refractivity contribution in [3.05, 3.63) is 53.6 Å². The van der Waals surface area contributed by atoms with Crippen LogP contribution in [0.25, 0.3) is 0 Å². The predicted octanol–water partition coefficient (Wildman–Crippen LogP) is 5.36. The molecule has 2 amide bonds. The summed E-state index contributed by atoms with van der Waals surface area (Å²) in [6.07, 6.45) is 2.85. The summed E-state index contributed by atoms with van der Waals surface area (Å²) in [4.78, 5) is 31.1. The molecule has 2 fully saturated rings. The maximum absolute atomic E-state index is 13.1. The molecule has 0 radical (unpaired) electrons. The molecular formula is C29H40N4O2. The van der Waals surface area contributed by atoms with Gasteiger partial charge in [-0.25, -0.2) is 0 Å². The summed E-state index contributed by atoms with van der Waals surface area (Å²) in [5.74, 6) is 0.709. The Bertz CT molecular complexity index is 1040. The third kappa shape index (κ3) is 5.63. The van der Waals surface area contributed by atoms with Gasteiger partial charge in [0.25, 0.3) is 0 Å². The summed E-state index contributed by atoms with van der Waals surface area (Å²) in [5, 5.41) is 3.55. The van der Waals surface area contributed by atoms with Crippen molar-refractivity contribution in [1.29, 1.82) is 0 Å². The fraction of sp³-hybridized carbons (Fsp3) is 0.517. The van der Waals surface area contributed by atoms with Crippen molar-refractivity contribution in [2.75, 3.05) is 43.4 Å². The number of aryl methyl sites for hydroxylation is 1. The van der Waals surface area contributed by atoms with Gasteiger partial charge in [-0.3, -0.25) is 9.59 Å². The SMILES string of the molecule is CCN(C(=O)C1CC(=O)N(C)C1)C(C)c1ccc(Nc2ccc(N3CCC(C)CC3)cc2C)cc1. The zero-order valence-corrected chi connectivity index (χ0v) is 21.9. The van der Waals surface area contributed by atoms with Crippen LogP contribution in [0.4, 0.5) is 17.1 Å². The van der Waals surface area contributed by atoms with E-state index >= 15 is 0 Å². The smallest absolute Gasteiger partial charge is 0.228 e. The lowest BCUT2D eigenvalue weighted by atomic mass is 9.98. The molecule has 2 unspecified atom stereocenters. The van der Waals surface area contributed by atoms with E-state index in [4.69, 9.17) is 0 Å². The van der Waals surface area contributed by atoms with Gasteiger partial charge in [-0.1, -0.05) is 19.1 Å². The summed E-state index contributed by atoms with van der Waals surface area (Å²) in [6, 6.07) is 15.0. The van der Waals surface area contributed by atoms with Gasteiger partial charge in [0.05, 0.1) is 12.0 Å². The lowest BCUT2D eigenvalue weighted by Gasteiger charge is -2.32. The Labute approximate surface area is 210 Å². The second-order valence-corrected chi connectivity index (χ2v) is 10.4. The van der Waals surface area contributed by atoms with Gasteiger partial charge < -0.3 is 20.0 Å². The lowest BCUT2D eigenvalue weighted by Crippen LogP contribution is -2.38. The van der Waals surface area contributed by atoms with E-state index in [2.05, 4.69) is 73.5 Å². The first-order valence-corrected chi connectivity index (χ1v) is 13.0. The minimum absolute atomic E-state index is 0.0455. The molecule has 0 bridgehead atoms. The highest BCUT2D eigenvalue weighted by Gasteiger charge is 2.35. The largest absolute Gasteiger partial charge is 0.372 e. The number of likely N-dealkylation sites (tertiary alicyclic amines) is 1. The molecule has 0 aromatic heterocycles.